The Bertz CT molecular complexity index is 857. The van der Waals surface area contributed by atoms with Crippen LogP contribution in [0.15, 0.2) is 35.5 Å². The molecule has 0 saturated heterocycles. The SMILES string of the molecule is CCCC1=C(C(=O)OCC)[C@H](c2ccccc2OCC)n2nc(C)nc2N1. The normalized spacial score (nSPS) is 15.9. The number of nitrogens with one attached hydrogen (secondary N) is 1. The maximum atomic E-state index is 12.9. The summed E-state index contributed by atoms with van der Waals surface area (Å²) in [6, 6.07) is 7.28. The average Bonchev–Trinajstić information content (AvgIpc) is 3.02. The number of aromatic nitrogens is 3. The molecule has 0 spiro atoms. The van der Waals surface area contributed by atoms with E-state index in [1.54, 1.807) is 4.68 Å². The molecule has 1 aromatic heterocycles. The fourth-order valence-electron chi connectivity index (χ4n) is 3.36. The van der Waals surface area contributed by atoms with Crippen molar-refractivity contribution in [3.63, 3.8) is 0 Å². The van der Waals surface area contributed by atoms with Crippen molar-refractivity contribution >= 4 is 11.9 Å². The van der Waals surface area contributed by atoms with Gasteiger partial charge in [-0.15, -0.1) is 0 Å². The lowest BCUT2D eigenvalue weighted by molar-refractivity contribution is -0.139. The van der Waals surface area contributed by atoms with Gasteiger partial charge in [-0.05, 0) is 33.3 Å². The second-order valence-electron chi connectivity index (χ2n) is 6.29. The largest absolute Gasteiger partial charge is 0.494 e. The molecule has 1 aromatic carbocycles. The van der Waals surface area contributed by atoms with Crippen LogP contribution in [-0.2, 0) is 9.53 Å². The highest BCUT2D eigenvalue weighted by atomic mass is 16.5. The summed E-state index contributed by atoms with van der Waals surface area (Å²) in [4.78, 5) is 17.4. The number of ether oxygens (including phenoxy) is 2. The van der Waals surface area contributed by atoms with Crippen molar-refractivity contribution in [3.05, 3.63) is 46.9 Å². The van der Waals surface area contributed by atoms with Crippen LogP contribution in [0, 0.1) is 6.92 Å². The molecule has 7 nitrogen and oxygen atoms in total. The molecule has 1 N–H and O–H groups in total. The lowest BCUT2D eigenvalue weighted by Gasteiger charge is -2.30. The highest BCUT2D eigenvalue weighted by molar-refractivity contribution is 5.92. The van der Waals surface area contributed by atoms with Gasteiger partial charge in [0.25, 0.3) is 0 Å². The summed E-state index contributed by atoms with van der Waals surface area (Å²) >= 11 is 0. The molecule has 0 aliphatic carbocycles. The van der Waals surface area contributed by atoms with E-state index in [0.717, 1.165) is 23.4 Å². The number of hydrogen-bond acceptors (Lipinski definition) is 6. The smallest absolute Gasteiger partial charge is 0.338 e. The number of esters is 1. The van der Waals surface area contributed by atoms with Gasteiger partial charge in [0.05, 0.1) is 18.8 Å². The zero-order chi connectivity index (χ0) is 19.4. The van der Waals surface area contributed by atoms with Crippen molar-refractivity contribution in [1.29, 1.82) is 0 Å². The summed E-state index contributed by atoms with van der Waals surface area (Å²) in [7, 11) is 0. The zero-order valence-corrected chi connectivity index (χ0v) is 16.3. The van der Waals surface area contributed by atoms with Gasteiger partial charge in [-0.3, -0.25) is 0 Å². The third-order valence-electron chi connectivity index (χ3n) is 4.35. The Morgan fingerprint density at radius 2 is 2.00 bits per heavy atom. The summed E-state index contributed by atoms with van der Waals surface area (Å²) in [6.07, 6.45) is 1.60. The molecule has 0 bridgehead atoms. The minimum absolute atomic E-state index is 0.310. The Labute approximate surface area is 159 Å². The van der Waals surface area contributed by atoms with Gasteiger partial charge < -0.3 is 14.8 Å². The van der Waals surface area contributed by atoms with Crippen molar-refractivity contribution in [2.45, 2.75) is 46.6 Å². The molecule has 0 unspecified atom stereocenters. The summed E-state index contributed by atoms with van der Waals surface area (Å²) in [5, 5.41) is 7.83. The third kappa shape index (κ3) is 3.67. The first-order valence-corrected chi connectivity index (χ1v) is 9.42. The number of benzene rings is 1. The Balaban J connectivity index is 2.23. The van der Waals surface area contributed by atoms with Crippen LogP contribution >= 0.6 is 0 Å². The van der Waals surface area contributed by atoms with Crippen LogP contribution in [0.3, 0.4) is 0 Å². The number of fused-ring (bicyclic) bond motifs is 1. The van der Waals surface area contributed by atoms with E-state index in [0.29, 0.717) is 37.0 Å². The minimum atomic E-state index is -0.453. The van der Waals surface area contributed by atoms with E-state index in [-0.39, 0.29) is 5.97 Å². The average molecular weight is 370 g/mol. The standard InChI is InChI=1S/C20H26N4O3/c1-5-10-15-17(19(25)27-7-3)18(24-20(22-15)21-13(4)23-24)14-11-8-9-12-16(14)26-6-2/h8-9,11-12,18H,5-7,10H2,1-4H3,(H,21,22,23)/t18-/m0/s1. The van der Waals surface area contributed by atoms with E-state index < -0.39 is 6.04 Å². The van der Waals surface area contributed by atoms with E-state index in [4.69, 9.17) is 9.47 Å². The Hall–Kier alpha value is -2.83. The molecule has 2 aromatic rings. The van der Waals surface area contributed by atoms with Gasteiger partial charge >= 0.3 is 5.97 Å². The van der Waals surface area contributed by atoms with Crippen LogP contribution in [-0.4, -0.2) is 33.9 Å². The van der Waals surface area contributed by atoms with Crippen LogP contribution in [0.5, 0.6) is 5.75 Å². The van der Waals surface area contributed by atoms with E-state index in [2.05, 4.69) is 22.3 Å². The van der Waals surface area contributed by atoms with Gasteiger partial charge in [-0.1, -0.05) is 31.5 Å². The van der Waals surface area contributed by atoms with E-state index in [1.807, 2.05) is 45.0 Å². The molecule has 2 heterocycles. The molecule has 7 heteroatoms. The quantitative estimate of drug-likeness (QED) is 0.750. The number of carbonyl (C=O) groups excluding carboxylic acids is 1. The number of carbonyl (C=O) groups is 1. The van der Waals surface area contributed by atoms with Crippen molar-refractivity contribution in [3.8, 4) is 5.75 Å². The molecule has 0 radical (unpaired) electrons. The number of para-hydroxylation sites is 1. The third-order valence-corrected chi connectivity index (χ3v) is 4.35. The Morgan fingerprint density at radius 1 is 1.22 bits per heavy atom. The lowest BCUT2D eigenvalue weighted by Crippen LogP contribution is -2.30. The molecule has 27 heavy (non-hydrogen) atoms. The van der Waals surface area contributed by atoms with Crippen LogP contribution in [0.25, 0.3) is 0 Å². The zero-order valence-electron chi connectivity index (χ0n) is 16.3. The van der Waals surface area contributed by atoms with Gasteiger partial charge in [0.15, 0.2) is 0 Å². The summed E-state index contributed by atoms with van der Waals surface area (Å²) in [5.74, 6) is 1.64. The fourth-order valence-corrected chi connectivity index (χ4v) is 3.36. The predicted molar refractivity (Wildman–Crippen MR) is 103 cm³/mol. The molecule has 1 aliphatic heterocycles. The van der Waals surface area contributed by atoms with Gasteiger partial charge in [0.2, 0.25) is 5.95 Å². The topological polar surface area (TPSA) is 78.3 Å². The highest BCUT2D eigenvalue weighted by Crippen LogP contribution is 2.40. The van der Waals surface area contributed by atoms with Gasteiger partial charge in [0.1, 0.15) is 17.6 Å². The molecular formula is C20H26N4O3. The second kappa shape index (κ2) is 8.24. The molecule has 3 rings (SSSR count). The number of aryl methyl sites for hydroxylation is 1. The first kappa shape index (κ1) is 18.9. The molecule has 0 saturated carbocycles. The molecule has 144 valence electrons. The van der Waals surface area contributed by atoms with Crippen molar-refractivity contribution < 1.29 is 14.3 Å². The van der Waals surface area contributed by atoms with Crippen molar-refractivity contribution in [1.82, 2.24) is 14.8 Å². The van der Waals surface area contributed by atoms with Gasteiger partial charge in [-0.2, -0.15) is 10.1 Å². The van der Waals surface area contributed by atoms with Crippen molar-refractivity contribution in [2.75, 3.05) is 18.5 Å². The summed E-state index contributed by atoms with van der Waals surface area (Å²) in [6.45, 7) is 8.50. The van der Waals surface area contributed by atoms with Gasteiger partial charge in [0, 0.05) is 11.3 Å². The summed E-state index contributed by atoms with van der Waals surface area (Å²) < 4.78 is 13.0. The van der Waals surface area contributed by atoms with Crippen LogP contribution in [0.1, 0.15) is 51.0 Å². The Kier molecular flexibility index (Phi) is 5.78. The molecule has 1 atom stereocenters. The number of nitrogens with zero attached hydrogens (tertiary/aromatic N) is 3. The molecular weight excluding hydrogens is 344 g/mol. The number of hydrogen-bond donors (Lipinski definition) is 1. The number of rotatable bonds is 7. The van der Waals surface area contributed by atoms with E-state index >= 15 is 0 Å². The first-order valence-electron chi connectivity index (χ1n) is 9.42. The highest BCUT2D eigenvalue weighted by Gasteiger charge is 2.37. The van der Waals surface area contributed by atoms with Gasteiger partial charge in [-0.25, -0.2) is 9.48 Å². The predicted octanol–water partition coefficient (Wildman–Crippen LogP) is 3.62. The molecule has 0 fully saturated rings. The molecule has 1 aliphatic rings. The lowest BCUT2D eigenvalue weighted by atomic mass is 9.93. The van der Waals surface area contributed by atoms with Crippen LogP contribution in [0.2, 0.25) is 0 Å². The van der Waals surface area contributed by atoms with Crippen LogP contribution in [0.4, 0.5) is 5.95 Å². The number of anilines is 1. The minimum Gasteiger partial charge on any atom is -0.494 e. The second-order valence-corrected chi connectivity index (χ2v) is 6.29. The maximum absolute atomic E-state index is 12.9. The maximum Gasteiger partial charge on any atom is 0.338 e. The molecule has 0 amide bonds. The number of allylic oxidation sites excluding steroid dienone is 1. The van der Waals surface area contributed by atoms with Crippen LogP contribution < -0.4 is 10.1 Å². The monoisotopic (exact) mass is 370 g/mol. The van der Waals surface area contributed by atoms with E-state index in [9.17, 15) is 4.79 Å². The Morgan fingerprint density at radius 3 is 2.70 bits per heavy atom. The first-order chi connectivity index (χ1) is 13.1. The fraction of sp³-hybridized carbons (Fsp3) is 0.450. The summed E-state index contributed by atoms with van der Waals surface area (Å²) in [5.41, 5.74) is 2.25. The van der Waals surface area contributed by atoms with Crippen molar-refractivity contribution in [2.24, 2.45) is 0 Å². The van der Waals surface area contributed by atoms with E-state index in [1.165, 1.54) is 0 Å².